The SMILES string of the molecule is Cc1ncccc1C(=O)Nc1ccc(C[C@H](NC(=O)c2c(Cl)cncc2Cl)C(=O)O)cc1. The van der Waals surface area contributed by atoms with Crippen molar-refractivity contribution in [2.75, 3.05) is 5.32 Å². The minimum absolute atomic E-state index is 0.0112. The number of aliphatic carboxylic acids is 1. The van der Waals surface area contributed by atoms with E-state index in [0.29, 0.717) is 22.5 Å². The Labute approximate surface area is 193 Å². The van der Waals surface area contributed by atoms with Gasteiger partial charge in [0.15, 0.2) is 0 Å². The number of amides is 2. The first-order valence-corrected chi connectivity index (χ1v) is 10.2. The summed E-state index contributed by atoms with van der Waals surface area (Å²) >= 11 is 11.9. The Morgan fingerprint density at radius 1 is 1.03 bits per heavy atom. The highest BCUT2D eigenvalue weighted by Gasteiger charge is 2.24. The molecule has 2 amide bonds. The van der Waals surface area contributed by atoms with Crippen molar-refractivity contribution in [2.45, 2.75) is 19.4 Å². The van der Waals surface area contributed by atoms with Crippen LogP contribution in [0.1, 0.15) is 32.0 Å². The van der Waals surface area contributed by atoms with Gasteiger partial charge in [-0.15, -0.1) is 0 Å². The molecule has 3 N–H and O–H groups in total. The molecule has 0 spiro atoms. The van der Waals surface area contributed by atoms with Crippen LogP contribution in [0.3, 0.4) is 0 Å². The molecule has 0 aliphatic heterocycles. The highest BCUT2D eigenvalue weighted by atomic mass is 35.5. The molecule has 0 aliphatic rings. The number of carboxylic acids is 1. The number of aryl methyl sites for hydroxylation is 1. The first kappa shape index (κ1) is 23.2. The lowest BCUT2D eigenvalue weighted by molar-refractivity contribution is -0.139. The second kappa shape index (κ2) is 10.2. The van der Waals surface area contributed by atoms with E-state index in [1.807, 2.05) is 0 Å². The van der Waals surface area contributed by atoms with Crippen molar-refractivity contribution in [2.24, 2.45) is 0 Å². The molecule has 10 heteroatoms. The minimum Gasteiger partial charge on any atom is -0.480 e. The maximum atomic E-state index is 12.5. The zero-order valence-corrected chi connectivity index (χ0v) is 18.3. The van der Waals surface area contributed by atoms with Gasteiger partial charge >= 0.3 is 5.97 Å². The normalized spacial score (nSPS) is 11.5. The summed E-state index contributed by atoms with van der Waals surface area (Å²) in [6.07, 6.45) is 4.11. The zero-order chi connectivity index (χ0) is 23.3. The molecule has 8 nitrogen and oxygen atoms in total. The summed E-state index contributed by atoms with van der Waals surface area (Å²) in [5.41, 5.74) is 2.20. The zero-order valence-electron chi connectivity index (χ0n) is 16.8. The molecule has 0 unspecified atom stereocenters. The number of nitrogens with zero attached hydrogens (tertiary/aromatic N) is 2. The van der Waals surface area contributed by atoms with E-state index in [1.165, 1.54) is 12.4 Å². The van der Waals surface area contributed by atoms with Crippen molar-refractivity contribution in [1.29, 1.82) is 0 Å². The molecule has 0 saturated heterocycles. The molecule has 2 aromatic heterocycles. The lowest BCUT2D eigenvalue weighted by Crippen LogP contribution is -2.42. The Morgan fingerprint density at radius 2 is 1.69 bits per heavy atom. The standard InChI is InChI=1S/C22H18Cl2N4O4/c1-12-15(3-2-8-26-12)20(29)27-14-6-4-13(5-7-14)9-18(22(31)32)28-21(30)19-16(23)10-25-11-17(19)24/h2-8,10-11,18H,9H2,1H3,(H,27,29)(H,28,30)(H,31,32)/t18-/m0/s1. The smallest absolute Gasteiger partial charge is 0.326 e. The molecule has 1 aromatic carbocycles. The van der Waals surface area contributed by atoms with E-state index in [-0.39, 0.29) is 27.9 Å². The van der Waals surface area contributed by atoms with Gasteiger partial charge in [0.05, 0.1) is 21.2 Å². The first-order valence-electron chi connectivity index (χ1n) is 9.41. The third-order valence-electron chi connectivity index (χ3n) is 4.59. The summed E-state index contributed by atoms with van der Waals surface area (Å²) in [5, 5.41) is 14.8. The van der Waals surface area contributed by atoms with Crippen LogP contribution in [0.4, 0.5) is 5.69 Å². The van der Waals surface area contributed by atoms with Gasteiger partial charge in [-0.3, -0.25) is 19.6 Å². The summed E-state index contributed by atoms with van der Waals surface area (Å²) in [7, 11) is 0. The monoisotopic (exact) mass is 472 g/mol. The van der Waals surface area contributed by atoms with Gasteiger partial charge < -0.3 is 15.7 Å². The topological polar surface area (TPSA) is 121 Å². The maximum Gasteiger partial charge on any atom is 0.326 e. The number of hydrogen-bond acceptors (Lipinski definition) is 5. The van der Waals surface area contributed by atoms with E-state index in [4.69, 9.17) is 23.2 Å². The van der Waals surface area contributed by atoms with Crippen LogP contribution in [0.15, 0.2) is 55.0 Å². The van der Waals surface area contributed by atoms with Crippen molar-refractivity contribution in [3.05, 3.63) is 87.4 Å². The van der Waals surface area contributed by atoms with E-state index >= 15 is 0 Å². The molecule has 3 aromatic rings. The molecule has 0 bridgehead atoms. The fourth-order valence-electron chi connectivity index (χ4n) is 2.94. The highest BCUT2D eigenvalue weighted by Crippen LogP contribution is 2.23. The molecule has 1 atom stereocenters. The van der Waals surface area contributed by atoms with Crippen LogP contribution in [0.25, 0.3) is 0 Å². The van der Waals surface area contributed by atoms with Crippen molar-refractivity contribution >= 4 is 46.7 Å². The second-order valence-electron chi connectivity index (χ2n) is 6.83. The van der Waals surface area contributed by atoms with Crippen molar-refractivity contribution in [3.63, 3.8) is 0 Å². The Kier molecular flexibility index (Phi) is 7.40. The molecule has 3 rings (SSSR count). The summed E-state index contributed by atoms with van der Waals surface area (Å²) in [6, 6.07) is 8.76. The number of hydrogen-bond donors (Lipinski definition) is 3. The van der Waals surface area contributed by atoms with Crippen molar-refractivity contribution in [1.82, 2.24) is 15.3 Å². The molecule has 0 radical (unpaired) electrons. The number of anilines is 1. The van der Waals surface area contributed by atoms with Gasteiger partial charge in [-0.2, -0.15) is 0 Å². The fraction of sp³-hybridized carbons (Fsp3) is 0.136. The van der Waals surface area contributed by atoms with Gasteiger partial charge in [0.25, 0.3) is 11.8 Å². The number of rotatable bonds is 7. The van der Waals surface area contributed by atoms with Crippen LogP contribution in [-0.2, 0) is 11.2 Å². The lowest BCUT2D eigenvalue weighted by atomic mass is 10.0. The Morgan fingerprint density at radius 3 is 2.28 bits per heavy atom. The number of carbonyl (C=O) groups is 3. The predicted octanol–water partition coefficient (Wildman–Crippen LogP) is 3.77. The fourth-order valence-corrected chi connectivity index (χ4v) is 3.48. The average molecular weight is 473 g/mol. The largest absolute Gasteiger partial charge is 0.480 e. The van der Waals surface area contributed by atoms with Crippen LogP contribution in [0, 0.1) is 6.92 Å². The average Bonchev–Trinajstić information content (AvgIpc) is 2.74. The Balaban J connectivity index is 1.68. The van der Waals surface area contributed by atoms with Gasteiger partial charge in [0, 0.05) is 36.4 Å². The third-order valence-corrected chi connectivity index (χ3v) is 5.16. The maximum absolute atomic E-state index is 12.5. The predicted molar refractivity (Wildman–Crippen MR) is 120 cm³/mol. The van der Waals surface area contributed by atoms with Gasteiger partial charge in [-0.05, 0) is 36.8 Å². The highest BCUT2D eigenvalue weighted by molar-refractivity contribution is 6.39. The molecule has 32 heavy (non-hydrogen) atoms. The minimum atomic E-state index is -1.22. The van der Waals surface area contributed by atoms with Crippen molar-refractivity contribution in [3.8, 4) is 0 Å². The van der Waals surface area contributed by atoms with E-state index in [1.54, 1.807) is 49.5 Å². The second-order valence-corrected chi connectivity index (χ2v) is 7.65. The van der Waals surface area contributed by atoms with E-state index in [2.05, 4.69) is 20.6 Å². The number of pyridine rings is 2. The number of carbonyl (C=O) groups excluding carboxylic acids is 2. The van der Waals surface area contributed by atoms with Gasteiger partial charge in [0.1, 0.15) is 6.04 Å². The van der Waals surface area contributed by atoms with Gasteiger partial charge in [-0.1, -0.05) is 35.3 Å². The molecule has 2 heterocycles. The molecule has 164 valence electrons. The van der Waals surface area contributed by atoms with Gasteiger partial charge in [0.2, 0.25) is 0 Å². The molecule has 0 aliphatic carbocycles. The summed E-state index contributed by atoms with van der Waals surface area (Å²) in [5.74, 6) is -2.24. The van der Waals surface area contributed by atoms with Gasteiger partial charge in [-0.25, -0.2) is 4.79 Å². The van der Waals surface area contributed by atoms with Crippen LogP contribution in [-0.4, -0.2) is 38.9 Å². The molecular weight excluding hydrogens is 455 g/mol. The van der Waals surface area contributed by atoms with E-state index < -0.39 is 17.9 Å². The summed E-state index contributed by atoms with van der Waals surface area (Å²) < 4.78 is 0. The molecule has 0 saturated carbocycles. The number of carboxylic acid groups (broad SMARTS) is 1. The van der Waals surface area contributed by atoms with E-state index in [9.17, 15) is 19.5 Å². The summed E-state index contributed by atoms with van der Waals surface area (Å²) in [4.78, 5) is 44.4. The third kappa shape index (κ3) is 5.60. The van der Waals surface area contributed by atoms with Crippen molar-refractivity contribution < 1.29 is 19.5 Å². The number of benzene rings is 1. The number of nitrogens with one attached hydrogen (secondary N) is 2. The van der Waals surface area contributed by atoms with Crippen LogP contribution >= 0.6 is 23.2 Å². The van der Waals surface area contributed by atoms with Crippen LogP contribution in [0.5, 0.6) is 0 Å². The number of halogens is 2. The lowest BCUT2D eigenvalue weighted by Gasteiger charge is -2.16. The summed E-state index contributed by atoms with van der Waals surface area (Å²) in [6.45, 7) is 1.74. The first-order chi connectivity index (χ1) is 15.3. The van der Waals surface area contributed by atoms with Crippen LogP contribution in [0.2, 0.25) is 10.0 Å². The molecule has 0 fully saturated rings. The number of aromatic nitrogens is 2. The quantitative estimate of drug-likeness (QED) is 0.481. The molecular formula is C22H18Cl2N4O4. The Hall–Kier alpha value is -3.49. The van der Waals surface area contributed by atoms with E-state index in [0.717, 1.165) is 0 Å². The van der Waals surface area contributed by atoms with Crippen LogP contribution < -0.4 is 10.6 Å². The Bertz CT molecular complexity index is 1150.